The summed E-state index contributed by atoms with van der Waals surface area (Å²) >= 11 is 6.53. The summed E-state index contributed by atoms with van der Waals surface area (Å²) in [5, 5.41) is 3.40. The van der Waals surface area contributed by atoms with Crippen LogP contribution in [0.1, 0.15) is 37.5 Å². The number of nitrogens with one attached hydrogen (secondary N) is 1. The van der Waals surface area contributed by atoms with Crippen LogP contribution < -0.4 is 9.62 Å². The molecule has 45 heavy (non-hydrogen) atoms. The molecule has 10 heteroatoms. The third kappa shape index (κ3) is 8.93. The second kappa shape index (κ2) is 14.3. The summed E-state index contributed by atoms with van der Waals surface area (Å²) in [6, 6.07) is 26.4. The molecule has 236 valence electrons. The zero-order valence-corrected chi connectivity index (χ0v) is 27.3. The van der Waals surface area contributed by atoms with Gasteiger partial charge in [0.2, 0.25) is 11.8 Å². The van der Waals surface area contributed by atoms with Gasteiger partial charge in [0.1, 0.15) is 18.4 Å². The van der Waals surface area contributed by atoms with Crippen LogP contribution in [0.15, 0.2) is 108 Å². The quantitative estimate of drug-likeness (QED) is 0.200. The van der Waals surface area contributed by atoms with Gasteiger partial charge in [-0.1, -0.05) is 77.8 Å². The molecule has 0 fully saturated rings. The zero-order valence-electron chi connectivity index (χ0n) is 25.7. The third-order valence-electron chi connectivity index (χ3n) is 7.07. The molecule has 0 unspecified atom stereocenters. The SMILES string of the molecule is Cc1ccc(N(CC(=O)N(Cc2ccccc2Cl)[C@@H](Cc2ccccc2)C(=O)NC(C)(C)C)S(=O)(=O)c2ccc(F)cc2)cc1. The highest BCUT2D eigenvalue weighted by Crippen LogP contribution is 2.27. The molecule has 0 radical (unpaired) electrons. The van der Waals surface area contributed by atoms with Crippen LogP contribution in [0.4, 0.5) is 10.1 Å². The smallest absolute Gasteiger partial charge is 0.264 e. The molecule has 2 amide bonds. The number of carbonyl (C=O) groups excluding carboxylic acids is 2. The zero-order chi connectivity index (χ0) is 32.8. The molecule has 0 aliphatic carbocycles. The van der Waals surface area contributed by atoms with Crippen molar-refractivity contribution in [1.82, 2.24) is 10.2 Å². The number of hydrogen-bond acceptors (Lipinski definition) is 4. The standard InChI is InChI=1S/C35H37ClFN3O4S/c1-25-14-18-29(19-15-25)40(45(43,44)30-20-16-28(37)17-21-30)24-33(41)39(23-27-12-8-9-13-31(27)36)32(34(42)38-35(2,3)4)22-26-10-6-5-7-11-26/h5-21,32H,22-24H2,1-4H3,(H,38,42)/t32-/m0/s1. The average Bonchev–Trinajstić information content (AvgIpc) is 2.99. The monoisotopic (exact) mass is 649 g/mol. The van der Waals surface area contributed by atoms with Gasteiger partial charge in [-0.2, -0.15) is 0 Å². The number of nitrogens with zero attached hydrogens (tertiary/aromatic N) is 2. The van der Waals surface area contributed by atoms with E-state index in [0.717, 1.165) is 39.7 Å². The van der Waals surface area contributed by atoms with Gasteiger partial charge in [0.05, 0.1) is 10.6 Å². The van der Waals surface area contributed by atoms with E-state index in [0.29, 0.717) is 10.6 Å². The van der Waals surface area contributed by atoms with Gasteiger partial charge in [-0.3, -0.25) is 13.9 Å². The van der Waals surface area contributed by atoms with Crippen LogP contribution >= 0.6 is 11.6 Å². The summed E-state index contributed by atoms with van der Waals surface area (Å²) in [5.74, 6) is -1.60. The minimum absolute atomic E-state index is 0.0497. The molecule has 1 N–H and O–H groups in total. The predicted octanol–water partition coefficient (Wildman–Crippen LogP) is 6.54. The lowest BCUT2D eigenvalue weighted by atomic mass is 10.0. The molecule has 4 aromatic carbocycles. The normalized spacial score (nSPS) is 12.3. The number of sulfonamides is 1. The van der Waals surface area contributed by atoms with E-state index in [1.54, 1.807) is 48.5 Å². The summed E-state index contributed by atoms with van der Waals surface area (Å²) in [5.41, 5.74) is 1.95. The summed E-state index contributed by atoms with van der Waals surface area (Å²) < 4.78 is 42.8. The summed E-state index contributed by atoms with van der Waals surface area (Å²) in [7, 11) is -4.33. The average molecular weight is 650 g/mol. The molecule has 0 aliphatic heterocycles. The fourth-order valence-corrected chi connectivity index (χ4v) is 6.40. The largest absolute Gasteiger partial charge is 0.350 e. The van der Waals surface area contributed by atoms with E-state index in [1.165, 1.54) is 4.90 Å². The van der Waals surface area contributed by atoms with Gasteiger partial charge in [0.15, 0.2) is 0 Å². The highest BCUT2D eigenvalue weighted by Gasteiger charge is 2.36. The number of carbonyl (C=O) groups is 2. The van der Waals surface area contributed by atoms with E-state index >= 15 is 0 Å². The molecule has 0 aromatic heterocycles. The number of amides is 2. The van der Waals surface area contributed by atoms with Crippen LogP contribution in [0, 0.1) is 12.7 Å². The maximum absolute atomic E-state index is 14.5. The lowest BCUT2D eigenvalue weighted by Gasteiger charge is -2.35. The molecule has 7 nitrogen and oxygen atoms in total. The fourth-order valence-electron chi connectivity index (χ4n) is 4.79. The van der Waals surface area contributed by atoms with Gasteiger partial charge in [-0.05, 0) is 81.3 Å². The number of aryl methyl sites for hydroxylation is 1. The first kappa shape index (κ1) is 33.7. The molecule has 0 bridgehead atoms. The Bertz CT molecular complexity index is 1730. The van der Waals surface area contributed by atoms with Gasteiger partial charge in [0.25, 0.3) is 10.0 Å². The molecule has 0 heterocycles. The van der Waals surface area contributed by atoms with E-state index in [4.69, 9.17) is 11.6 Å². The van der Waals surface area contributed by atoms with Crippen molar-refractivity contribution >= 4 is 39.1 Å². The number of hydrogen-bond donors (Lipinski definition) is 1. The first-order valence-electron chi connectivity index (χ1n) is 14.5. The molecule has 0 saturated heterocycles. The first-order chi connectivity index (χ1) is 21.2. The van der Waals surface area contributed by atoms with E-state index in [1.807, 2.05) is 58.0 Å². The van der Waals surface area contributed by atoms with Crippen molar-refractivity contribution in [3.8, 4) is 0 Å². The highest BCUT2D eigenvalue weighted by atomic mass is 35.5. The van der Waals surface area contributed by atoms with Crippen molar-refractivity contribution in [2.75, 3.05) is 10.8 Å². The highest BCUT2D eigenvalue weighted by molar-refractivity contribution is 7.92. The van der Waals surface area contributed by atoms with E-state index in [2.05, 4.69) is 5.32 Å². The van der Waals surface area contributed by atoms with Crippen molar-refractivity contribution in [2.24, 2.45) is 0 Å². The van der Waals surface area contributed by atoms with Crippen LogP contribution in [-0.2, 0) is 32.6 Å². The Morgan fingerprint density at radius 1 is 0.867 bits per heavy atom. The van der Waals surface area contributed by atoms with Crippen LogP contribution in [0.3, 0.4) is 0 Å². The Morgan fingerprint density at radius 3 is 2.07 bits per heavy atom. The summed E-state index contributed by atoms with van der Waals surface area (Å²) in [6.07, 6.45) is 0.175. The second-order valence-corrected chi connectivity index (χ2v) is 14.1. The molecule has 0 saturated carbocycles. The number of anilines is 1. The Labute approximate surface area is 269 Å². The number of halogens is 2. The van der Waals surface area contributed by atoms with Gasteiger partial charge < -0.3 is 10.2 Å². The first-order valence-corrected chi connectivity index (χ1v) is 16.3. The van der Waals surface area contributed by atoms with E-state index < -0.39 is 45.8 Å². The predicted molar refractivity (Wildman–Crippen MR) is 176 cm³/mol. The van der Waals surface area contributed by atoms with Crippen molar-refractivity contribution in [3.05, 3.63) is 131 Å². The minimum atomic E-state index is -4.33. The number of benzene rings is 4. The minimum Gasteiger partial charge on any atom is -0.350 e. The van der Waals surface area contributed by atoms with Gasteiger partial charge in [0, 0.05) is 23.5 Å². The van der Waals surface area contributed by atoms with Crippen molar-refractivity contribution in [1.29, 1.82) is 0 Å². The molecule has 4 aromatic rings. The lowest BCUT2D eigenvalue weighted by Crippen LogP contribution is -2.56. The van der Waals surface area contributed by atoms with Crippen molar-refractivity contribution in [2.45, 2.75) is 57.1 Å². The lowest BCUT2D eigenvalue weighted by molar-refractivity contribution is -0.140. The summed E-state index contributed by atoms with van der Waals surface area (Å²) in [4.78, 5) is 29.6. The van der Waals surface area contributed by atoms with Crippen LogP contribution in [-0.4, -0.2) is 43.3 Å². The summed E-state index contributed by atoms with van der Waals surface area (Å²) in [6.45, 7) is 6.73. The van der Waals surface area contributed by atoms with Gasteiger partial charge in [-0.25, -0.2) is 12.8 Å². The van der Waals surface area contributed by atoms with E-state index in [-0.39, 0.29) is 23.5 Å². The molecular weight excluding hydrogens is 613 g/mol. The molecule has 1 atom stereocenters. The van der Waals surface area contributed by atoms with Gasteiger partial charge in [-0.15, -0.1) is 0 Å². The van der Waals surface area contributed by atoms with E-state index in [9.17, 15) is 22.4 Å². The Kier molecular flexibility index (Phi) is 10.7. The Morgan fingerprint density at radius 2 is 1.47 bits per heavy atom. The Hall–Kier alpha value is -4.21. The topological polar surface area (TPSA) is 86.8 Å². The molecule has 0 aliphatic rings. The van der Waals surface area contributed by atoms with Crippen LogP contribution in [0.25, 0.3) is 0 Å². The fraction of sp³-hybridized carbons (Fsp3) is 0.257. The second-order valence-electron chi connectivity index (χ2n) is 11.9. The van der Waals surface area contributed by atoms with Crippen molar-refractivity contribution in [3.63, 3.8) is 0 Å². The third-order valence-corrected chi connectivity index (χ3v) is 9.23. The van der Waals surface area contributed by atoms with Crippen LogP contribution in [0.2, 0.25) is 5.02 Å². The Balaban J connectivity index is 1.82. The molecule has 4 rings (SSSR count). The number of rotatable bonds is 11. The van der Waals surface area contributed by atoms with Crippen molar-refractivity contribution < 1.29 is 22.4 Å². The van der Waals surface area contributed by atoms with Gasteiger partial charge >= 0.3 is 0 Å². The molecular formula is C35H37ClFN3O4S. The molecule has 0 spiro atoms. The van der Waals surface area contributed by atoms with Crippen LogP contribution in [0.5, 0.6) is 0 Å². The maximum atomic E-state index is 14.5. The maximum Gasteiger partial charge on any atom is 0.264 e.